The largest absolute Gasteiger partial charge is 0.387 e. The SMILES string of the molecule is CNc1ccnc2cc(Cl)cc(Cl)c12. The second-order valence-corrected chi connectivity index (χ2v) is 3.73. The standard InChI is InChI=1S/C10H8Cl2N2/c1-13-8-2-3-14-9-5-6(11)4-7(12)10(8)9/h2-5H,1H3,(H,13,14). The number of halogens is 2. The van der Waals surface area contributed by atoms with Gasteiger partial charge in [0.1, 0.15) is 0 Å². The van der Waals surface area contributed by atoms with Gasteiger partial charge in [-0.05, 0) is 18.2 Å². The molecule has 0 atom stereocenters. The van der Waals surface area contributed by atoms with Gasteiger partial charge in [-0.3, -0.25) is 4.98 Å². The molecule has 0 saturated heterocycles. The van der Waals surface area contributed by atoms with Crippen molar-refractivity contribution in [1.82, 2.24) is 4.98 Å². The summed E-state index contributed by atoms with van der Waals surface area (Å²) >= 11 is 12.0. The third kappa shape index (κ3) is 1.51. The molecule has 4 heteroatoms. The lowest BCUT2D eigenvalue weighted by Gasteiger charge is -2.06. The zero-order valence-electron chi connectivity index (χ0n) is 7.51. The van der Waals surface area contributed by atoms with Crippen molar-refractivity contribution in [3.63, 3.8) is 0 Å². The second kappa shape index (κ2) is 3.64. The molecule has 2 nitrogen and oxygen atoms in total. The van der Waals surface area contributed by atoms with Crippen LogP contribution in [0.5, 0.6) is 0 Å². The Kier molecular flexibility index (Phi) is 2.48. The Labute approximate surface area is 91.9 Å². The van der Waals surface area contributed by atoms with Crippen LogP contribution in [0.15, 0.2) is 24.4 Å². The van der Waals surface area contributed by atoms with E-state index in [2.05, 4.69) is 10.3 Å². The first-order valence-corrected chi connectivity index (χ1v) is 4.89. The fourth-order valence-electron chi connectivity index (χ4n) is 1.41. The first-order valence-electron chi connectivity index (χ1n) is 4.14. The smallest absolute Gasteiger partial charge is 0.0752 e. The molecule has 1 aromatic carbocycles. The predicted molar refractivity (Wildman–Crippen MR) is 61.3 cm³/mol. The summed E-state index contributed by atoms with van der Waals surface area (Å²) in [5.41, 5.74) is 1.76. The summed E-state index contributed by atoms with van der Waals surface area (Å²) < 4.78 is 0. The van der Waals surface area contributed by atoms with Gasteiger partial charge >= 0.3 is 0 Å². The molecular weight excluding hydrogens is 219 g/mol. The fourth-order valence-corrected chi connectivity index (χ4v) is 2.00. The van der Waals surface area contributed by atoms with Crippen molar-refractivity contribution < 1.29 is 0 Å². The lowest BCUT2D eigenvalue weighted by Crippen LogP contribution is -1.91. The van der Waals surface area contributed by atoms with Gasteiger partial charge in [0, 0.05) is 29.3 Å². The van der Waals surface area contributed by atoms with Crippen LogP contribution in [-0.4, -0.2) is 12.0 Å². The van der Waals surface area contributed by atoms with Crippen molar-refractivity contribution in [1.29, 1.82) is 0 Å². The van der Waals surface area contributed by atoms with E-state index in [0.717, 1.165) is 16.6 Å². The zero-order valence-corrected chi connectivity index (χ0v) is 9.02. The molecule has 0 aliphatic rings. The van der Waals surface area contributed by atoms with Gasteiger partial charge in [0.05, 0.1) is 10.5 Å². The van der Waals surface area contributed by atoms with Crippen molar-refractivity contribution in [3.05, 3.63) is 34.4 Å². The molecule has 0 fully saturated rings. The van der Waals surface area contributed by atoms with Crippen molar-refractivity contribution in [2.75, 3.05) is 12.4 Å². The summed E-state index contributed by atoms with van der Waals surface area (Å²) in [5.74, 6) is 0. The average Bonchev–Trinajstić information content (AvgIpc) is 2.16. The predicted octanol–water partition coefficient (Wildman–Crippen LogP) is 3.58. The van der Waals surface area contributed by atoms with Gasteiger partial charge in [0.2, 0.25) is 0 Å². The number of fused-ring (bicyclic) bond motifs is 1. The van der Waals surface area contributed by atoms with Gasteiger partial charge in [0.15, 0.2) is 0 Å². The number of aromatic nitrogens is 1. The Morgan fingerprint density at radius 2 is 2.07 bits per heavy atom. The molecule has 2 rings (SSSR count). The van der Waals surface area contributed by atoms with E-state index in [0.29, 0.717) is 10.0 Å². The molecule has 72 valence electrons. The third-order valence-electron chi connectivity index (χ3n) is 2.03. The number of hydrogen-bond donors (Lipinski definition) is 1. The number of anilines is 1. The van der Waals surface area contributed by atoms with Gasteiger partial charge in [-0.25, -0.2) is 0 Å². The lowest BCUT2D eigenvalue weighted by atomic mass is 10.2. The number of benzene rings is 1. The highest BCUT2D eigenvalue weighted by Crippen LogP contribution is 2.31. The van der Waals surface area contributed by atoms with Crippen molar-refractivity contribution in [2.24, 2.45) is 0 Å². The van der Waals surface area contributed by atoms with E-state index in [-0.39, 0.29) is 0 Å². The summed E-state index contributed by atoms with van der Waals surface area (Å²) in [7, 11) is 1.85. The highest BCUT2D eigenvalue weighted by molar-refractivity contribution is 6.39. The molecule has 1 aromatic heterocycles. The summed E-state index contributed by atoms with van der Waals surface area (Å²) in [6.45, 7) is 0. The number of pyridine rings is 1. The first kappa shape index (κ1) is 9.56. The van der Waals surface area contributed by atoms with E-state index in [1.807, 2.05) is 13.1 Å². The zero-order chi connectivity index (χ0) is 10.1. The van der Waals surface area contributed by atoms with E-state index < -0.39 is 0 Å². The monoisotopic (exact) mass is 226 g/mol. The summed E-state index contributed by atoms with van der Waals surface area (Å²) in [6.07, 6.45) is 1.72. The third-order valence-corrected chi connectivity index (χ3v) is 2.54. The molecule has 1 heterocycles. The van der Waals surface area contributed by atoms with E-state index in [4.69, 9.17) is 23.2 Å². The molecule has 0 radical (unpaired) electrons. The van der Waals surface area contributed by atoms with E-state index in [1.54, 1.807) is 18.3 Å². The van der Waals surface area contributed by atoms with E-state index >= 15 is 0 Å². The number of nitrogens with one attached hydrogen (secondary N) is 1. The van der Waals surface area contributed by atoms with Crippen molar-refractivity contribution >= 4 is 39.8 Å². The van der Waals surface area contributed by atoms with Gasteiger partial charge in [-0.2, -0.15) is 0 Å². The Bertz CT molecular complexity index is 483. The summed E-state index contributed by atoms with van der Waals surface area (Å²) in [6, 6.07) is 5.39. The van der Waals surface area contributed by atoms with E-state index in [1.165, 1.54) is 0 Å². The van der Waals surface area contributed by atoms with Crippen LogP contribution in [0.2, 0.25) is 10.0 Å². The van der Waals surface area contributed by atoms with E-state index in [9.17, 15) is 0 Å². The van der Waals surface area contributed by atoms with Crippen LogP contribution in [0.4, 0.5) is 5.69 Å². The summed E-state index contributed by atoms with van der Waals surface area (Å²) in [5, 5.41) is 5.18. The Hall–Kier alpha value is -0.990. The van der Waals surface area contributed by atoms with Crippen LogP contribution in [0.25, 0.3) is 10.9 Å². The van der Waals surface area contributed by atoms with Crippen LogP contribution in [0.1, 0.15) is 0 Å². The average molecular weight is 227 g/mol. The van der Waals surface area contributed by atoms with Gasteiger partial charge in [-0.15, -0.1) is 0 Å². The molecule has 0 unspecified atom stereocenters. The molecular formula is C10H8Cl2N2. The molecule has 0 aliphatic carbocycles. The first-order chi connectivity index (χ1) is 6.72. The molecule has 2 aromatic rings. The van der Waals surface area contributed by atoms with Crippen LogP contribution < -0.4 is 5.32 Å². The fraction of sp³-hybridized carbons (Fsp3) is 0.100. The molecule has 0 bridgehead atoms. The summed E-state index contributed by atoms with van der Waals surface area (Å²) in [4.78, 5) is 4.20. The second-order valence-electron chi connectivity index (χ2n) is 2.89. The maximum absolute atomic E-state index is 6.08. The Morgan fingerprint density at radius 3 is 2.79 bits per heavy atom. The molecule has 14 heavy (non-hydrogen) atoms. The van der Waals surface area contributed by atoms with Gasteiger partial charge < -0.3 is 5.32 Å². The molecule has 1 N–H and O–H groups in total. The highest BCUT2D eigenvalue weighted by Gasteiger charge is 2.06. The van der Waals surface area contributed by atoms with Crippen molar-refractivity contribution in [2.45, 2.75) is 0 Å². The van der Waals surface area contributed by atoms with Crippen LogP contribution in [0, 0.1) is 0 Å². The number of hydrogen-bond acceptors (Lipinski definition) is 2. The highest BCUT2D eigenvalue weighted by atomic mass is 35.5. The maximum atomic E-state index is 6.08. The van der Waals surface area contributed by atoms with Crippen LogP contribution in [-0.2, 0) is 0 Å². The van der Waals surface area contributed by atoms with Gasteiger partial charge in [0.25, 0.3) is 0 Å². The molecule has 0 aliphatic heterocycles. The Balaban J connectivity index is 2.87. The normalized spacial score (nSPS) is 10.5. The minimum absolute atomic E-state index is 0.600. The minimum Gasteiger partial charge on any atom is -0.387 e. The van der Waals surface area contributed by atoms with Gasteiger partial charge in [-0.1, -0.05) is 23.2 Å². The van der Waals surface area contributed by atoms with Crippen molar-refractivity contribution in [3.8, 4) is 0 Å². The quantitative estimate of drug-likeness (QED) is 0.805. The maximum Gasteiger partial charge on any atom is 0.0752 e. The van der Waals surface area contributed by atoms with Crippen LogP contribution in [0.3, 0.4) is 0 Å². The Morgan fingerprint density at radius 1 is 1.29 bits per heavy atom. The lowest BCUT2D eigenvalue weighted by molar-refractivity contribution is 1.40. The minimum atomic E-state index is 0.600. The topological polar surface area (TPSA) is 24.9 Å². The van der Waals surface area contributed by atoms with Crippen LogP contribution >= 0.6 is 23.2 Å². The number of nitrogens with zero attached hydrogens (tertiary/aromatic N) is 1. The number of rotatable bonds is 1. The molecule has 0 amide bonds. The molecule has 0 saturated carbocycles. The molecule has 0 spiro atoms.